The van der Waals surface area contributed by atoms with Gasteiger partial charge in [-0.2, -0.15) is 5.10 Å². The van der Waals surface area contributed by atoms with Gasteiger partial charge in [0, 0.05) is 23.9 Å². The molecule has 0 radical (unpaired) electrons. The fourth-order valence-electron chi connectivity index (χ4n) is 2.75. The van der Waals surface area contributed by atoms with E-state index in [0.29, 0.717) is 39.0 Å². The molecular weight excluding hydrogens is 396 g/mol. The van der Waals surface area contributed by atoms with Crippen LogP contribution in [0.5, 0.6) is 11.5 Å². The number of hydrogen-bond donors (Lipinski definition) is 2. The average molecular weight is 415 g/mol. The van der Waals surface area contributed by atoms with Gasteiger partial charge in [0.05, 0.1) is 24.0 Å². The summed E-state index contributed by atoms with van der Waals surface area (Å²) in [4.78, 5) is 23.7. The lowest BCUT2D eigenvalue weighted by atomic mass is 10.1. The highest BCUT2D eigenvalue weighted by atomic mass is 35.5. The van der Waals surface area contributed by atoms with Crippen LogP contribution >= 0.6 is 11.6 Å². The van der Waals surface area contributed by atoms with Gasteiger partial charge >= 0.3 is 0 Å². The zero-order valence-electron chi connectivity index (χ0n) is 15.8. The van der Waals surface area contributed by atoms with Crippen LogP contribution in [0, 0.1) is 0 Å². The predicted octanol–water partition coefficient (Wildman–Crippen LogP) is 2.87. The highest BCUT2D eigenvalue weighted by Crippen LogP contribution is 2.36. The Labute approximate surface area is 172 Å². The van der Waals surface area contributed by atoms with Crippen LogP contribution in [0.3, 0.4) is 0 Å². The second-order valence-electron chi connectivity index (χ2n) is 6.12. The first kappa shape index (κ1) is 20.2. The summed E-state index contributed by atoms with van der Waals surface area (Å²) in [5.74, 6) is 0.0445. The van der Waals surface area contributed by atoms with E-state index >= 15 is 0 Å². The third kappa shape index (κ3) is 4.67. The number of nitrogens with zero attached hydrogens (tertiary/aromatic N) is 2. The number of amides is 2. The van der Waals surface area contributed by atoms with Crippen molar-refractivity contribution in [2.75, 3.05) is 19.0 Å². The fraction of sp³-hybridized carbons (Fsp3) is 0.150. The van der Waals surface area contributed by atoms with E-state index < -0.39 is 5.91 Å². The topological polar surface area (TPSA) is 108 Å². The number of rotatable bonds is 7. The summed E-state index contributed by atoms with van der Waals surface area (Å²) >= 11 is 6.27. The Morgan fingerprint density at radius 3 is 2.69 bits per heavy atom. The first-order valence-electron chi connectivity index (χ1n) is 8.57. The van der Waals surface area contributed by atoms with Gasteiger partial charge in [0.2, 0.25) is 0 Å². The van der Waals surface area contributed by atoms with E-state index in [1.165, 1.54) is 13.3 Å². The molecule has 9 heteroatoms. The maximum Gasteiger partial charge on any atom is 0.255 e. The molecule has 0 saturated carbocycles. The van der Waals surface area contributed by atoms with Crippen molar-refractivity contribution >= 4 is 29.1 Å². The first-order chi connectivity index (χ1) is 13.9. The number of primary amides is 1. The Kier molecular flexibility index (Phi) is 6.04. The molecule has 0 saturated heterocycles. The van der Waals surface area contributed by atoms with E-state index in [1.54, 1.807) is 54.2 Å². The maximum absolute atomic E-state index is 12.6. The lowest BCUT2D eigenvalue weighted by molar-refractivity contribution is -0.119. The van der Waals surface area contributed by atoms with Crippen LogP contribution in [0.25, 0.3) is 11.3 Å². The molecule has 150 valence electrons. The van der Waals surface area contributed by atoms with Crippen molar-refractivity contribution in [2.24, 2.45) is 12.8 Å². The normalized spacial score (nSPS) is 10.4. The van der Waals surface area contributed by atoms with E-state index in [2.05, 4.69) is 10.4 Å². The van der Waals surface area contributed by atoms with Crippen molar-refractivity contribution in [1.29, 1.82) is 0 Å². The van der Waals surface area contributed by atoms with Crippen molar-refractivity contribution in [1.82, 2.24) is 9.78 Å². The molecule has 0 spiro atoms. The Bertz CT molecular complexity index is 1040. The quantitative estimate of drug-likeness (QED) is 0.618. The standard InChI is InChI=1S/C20H19ClN4O4/c1-25-19(16(21)10-23-25)15-9-13(6-7-17(15)29-11-18(22)26)24-20(27)12-4-3-5-14(8-12)28-2/h3-10H,11H2,1-2H3,(H2,22,26)(H,24,27). The van der Waals surface area contributed by atoms with Gasteiger partial charge < -0.3 is 20.5 Å². The number of halogens is 1. The molecule has 0 fully saturated rings. The summed E-state index contributed by atoms with van der Waals surface area (Å²) in [5, 5.41) is 7.35. The number of benzene rings is 2. The van der Waals surface area contributed by atoms with Crippen molar-refractivity contribution in [3.05, 3.63) is 59.2 Å². The predicted molar refractivity (Wildman–Crippen MR) is 109 cm³/mol. The van der Waals surface area contributed by atoms with Crippen LogP contribution < -0.4 is 20.5 Å². The number of methoxy groups -OCH3 is 1. The molecule has 3 N–H and O–H groups in total. The molecule has 2 amide bonds. The number of anilines is 1. The molecule has 1 heterocycles. The summed E-state index contributed by atoms with van der Waals surface area (Å²) in [6.45, 7) is -0.294. The second-order valence-corrected chi connectivity index (χ2v) is 6.52. The van der Waals surface area contributed by atoms with Crippen LogP contribution in [-0.2, 0) is 11.8 Å². The summed E-state index contributed by atoms with van der Waals surface area (Å²) < 4.78 is 12.2. The van der Waals surface area contributed by atoms with Crippen molar-refractivity contribution in [2.45, 2.75) is 0 Å². The van der Waals surface area contributed by atoms with Gasteiger partial charge in [-0.15, -0.1) is 0 Å². The van der Waals surface area contributed by atoms with Crippen LogP contribution in [0.15, 0.2) is 48.7 Å². The Morgan fingerprint density at radius 1 is 1.24 bits per heavy atom. The second kappa shape index (κ2) is 8.66. The summed E-state index contributed by atoms with van der Waals surface area (Å²) in [6.07, 6.45) is 1.50. The highest BCUT2D eigenvalue weighted by Gasteiger charge is 2.17. The molecular formula is C20H19ClN4O4. The van der Waals surface area contributed by atoms with Crippen LogP contribution in [-0.4, -0.2) is 35.3 Å². The molecule has 8 nitrogen and oxygen atoms in total. The number of nitrogens with one attached hydrogen (secondary N) is 1. The minimum atomic E-state index is -0.609. The summed E-state index contributed by atoms with van der Waals surface area (Å²) in [7, 11) is 3.26. The molecule has 3 rings (SSSR count). The lowest BCUT2D eigenvalue weighted by Crippen LogP contribution is -2.20. The summed E-state index contributed by atoms with van der Waals surface area (Å²) in [5.41, 5.74) is 7.26. The molecule has 0 unspecified atom stereocenters. The van der Waals surface area contributed by atoms with E-state index in [1.807, 2.05) is 0 Å². The number of ether oxygens (including phenoxy) is 2. The van der Waals surface area contributed by atoms with Gasteiger partial charge in [-0.05, 0) is 36.4 Å². The van der Waals surface area contributed by atoms with Gasteiger partial charge in [0.25, 0.3) is 11.8 Å². The van der Waals surface area contributed by atoms with Crippen LogP contribution in [0.4, 0.5) is 5.69 Å². The van der Waals surface area contributed by atoms with E-state index in [9.17, 15) is 9.59 Å². The number of aromatic nitrogens is 2. The average Bonchev–Trinajstić information content (AvgIpc) is 3.04. The fourth-order valence-corrected chi connectivity index (χ4v) is 3.02. The Balaban J connectivity index is 1.95. The van der Waals surface area contributed by atoms with Crippen molar-refractivity contribution < 1.29 is 19.1 Å². The molecule has 29 heavy (non-hydrogen) atoms. The zero-order chi connectivity index (χ0) is 21.0. The van der Waals surface area contributed by atoms with Crippen molar-refractivity contribution in [3.63, 3.8) is 0 Å². The number of carbonyl (C=O) groups excluding carboxylic acids is 2. The number of hydrogen-bond acceptors (Lipinski definition) is 5. The Morgan fingerprint density at radius 2 is 2.03 bits per heavy atom. The first-order valence-corrected chi connectivity index (χ1v) is 8.95. The molecule has 0 aliphatic heterocycles. The molecule has 1 aromatic heterocycles. The van der Waals surface area contributed by atoms with Crippen LogP contribution in [0.2, 0.25) is 5.02 Å². The third-order valence-electron chi connectivity index (χ3n) is 4.09. The maximum atomic E-state index is 12.6. The summed E-state index contributed by atoms with van der Waals surface area (Å²) in [6, 6.07) is 11.8. The largest absolute Gasteiger partial charge is 0.497 e. The minimum Gasteiger partial charge on any atom is -0.497 e. The van der Waals surface area contributed by atoms with Crippen LogP contribution in [0.1, 0.15) is 10.4 Å². The van der Waals surface area contributed by atoms with E-state index in [-0.39, 0.29) is 12.5 Å². The lowest BCUT2D eigenvalue weighted by Gasteiger charge is -2.14. The monoisotopic (exact) mass is 414 g/mol. The Hall–Kier alpha value is -3.52. The van der Waals surface area contributed by atoms with E-state index in [0.717, 1.165) is 0 Å². The molecule has 0 atom stereocenters. The minimum absolute atomic E-state index is 0.294. The van der Waals surface area contributed by atoms with Gasteiger partial charge in [0.15, 0.2) is 6.61 Å². The van der Waals surface area contributed by atoms with Gasteiger partial charge in [-0.3, -0.25) is 14.3 Å². The van der Waals surface area contributed by atoms with E-state index in [4.69, 9.17) is 26.8 Å². The smallest absolute Gasteiger partial charge is 0.255 e. The number of nitrogens with two attached hydrogens (primary N) is 1. The molecule has 3 aromatic rings. The van der Waals surface area contributed by atoms with Gasteiger partial charge in [-0.25, -0.2) is 0 Å². The number of carbonyl (C=O) groups is 2. The number of aryl methyl sites for hydroxylation is 1. The molecule has 0 aliphatic rings. The SMILES string of the molecule is COc1cccc(C(=O)Nc2ccc(OCC(N)=O)c(-c3c(Cl)cnn3C)c2)c1. The molecule has 2 aromatic carbocycles. The highest BCUT2D eigenvalue weighted by molar-refractivity contribution is 6.33. The zero-order valence-corrected chi connectivity index (χ0v) is 16.6. The third-order valence-corrected chi connectivity index (χ3v) is 4.37. The molecule has 0 aliphatic carbocycles. The van der Waals surface area contributed by atoms with Gasteiger partial charge in [0.1, 0.15) is 11.5 Å². The van der Waals surface area contributed by atoms with Crippen molar-refractivity contribution in [3.8, 4) is 22.8 Å². The van der Waals surface area contributed by atoms with Gasteiger partial charge in [-0.1, -0.05) is 17.7 Å². The molecule has 0 bridgehead atoms.